The zero-order valence-electron chi connectivity index (χ0n) is 16.8. The lowest BCUT2D eigenvalue weighted by Gasteiger charge is -2.19. The van der Waals surface area contributed by atoms with Crippen molar-refractivity contribution >= 4 is 40.0 Å². The highest BCUT2D eigenvalue weighted by molar-refractivity contribution is 9.10. The van der Waals surface area contributed by atoms with Crippen LogP contribution in [0.15, 0.2) is 58.4 Å². The highest BCUT2D eigenvalue weighted by Gasteiger charge is 2.21. The number of benzene rings is 2. The third-order valence-electron chi connectivity index (χ3n) is 4.36. The Morgan fingerprint density at radius 2 is 2.03 bits per heavy atom. The second-order valence-corrected chi connectivity index (χ2v) is 9.41. The van der Waals surface area contributed by atoms with Crippen molar-refractivity contribution in [1.29, 1.82) is 5.26 Å². The topological polar surface area (TPSA) is 108 Å². The first-order valence-electron chi connectivity index (χ1n) is 9.07. The quantitative estimate of drug-likeness (QED) is 0.130. The summed E-state index contributed by atoms with van der Waals surface area (Å²) in [4.78, 5) is 9.05. The number of nitriles is 1. The monoisotopic (exact) mass is 521 g/mol. The van der Waals surface area contributed by atoms with E-state index in [-0.39, 0.29) is 0 Å². The normalized spacial score (nSPS) is 11.3. The van der Waals surface area contributed by atoms with Gasteiger partial charge in [-0.15, -0.1) is 21.1 Å². The molecule has 0 aliphatic rings. The Morgan fingerprint density at radius 1 is 1.23 bits per heavy atom. The van der Waals surface area contributed by atoms with E-state index in [0.29, 0.717) is 24.6 Å². The molecule has 3 rings (SSSR count). The molecule has 0 bridgehead atoms. The van der Waals surface area contributed by atoms with Crippen molar-refractivity contribution in [3.8, 4) is 11.8 Å². The lowest BCUT2D eigenvalue weighted by Crippen LogP contribution is -2.15. The van der Waals surface area contributed by atoms with Gasteiger partial charge in [0.25, 0.3) is 12.3 Å². The fraction of sp³-hybridized carbons (Fsp3) is 0.250. The number of hydrogen-bond acceptors (Lipinski definition) is 9. The summed E-state index contributed by atoms with van der Waals surface area (Å²) in [5, 5.41) is 13.8. The first kappa shape index (κ1) is 23.6. The number of aromatic nitrogens is 3. The highest BCUT2D eigenvalue weighted by Crippen LogP contribution is 2.34. The fourth-order valence-electron chi connectivity index (χ4n) is 2.74. The minimum Gasteiger partial charge on any atom is -0.397 e. The van der Waals surface area contributed by atoms with Gasteiger partial charge >= 0.3 is 0 Å². The van der Waals surface area contributed by atoms with Crippen molar-refractivity contribution in [2.24, 2.45) is 5.90 Å². The minimum atomic E-state index is -0.590. The van der Waals surface area contributed by atoms with E-state index < -0.39 is 5.41 Å². The largest absolute Gasteiger partial charge is 0.397 e. The third kappa shape index (κ3) is 6.70. The number of nitrogens with zero attached hydrogens (tertiary/aromatic N) is 4. The van der Waals surface area contributed by atoms with Crippen LogP contribution in [-0.2, 0) is 27.0 Å². The maximum Gasteiger partial charge on any atom is 0.260 e. The van der Waals surface area contributed by atoms with E-state index in [2.05, 4.69) is 59.6 Å². The van der Waals surface area contributed by atoms with Crippen molar-refractivity contribution < 1.29 is 13.5 Å². The molecule has 31 heavy (non-hydrogen) atoms. The van der Waals surface area contributed by atoms with E-state index in [0.717, 1.165) is 31.8 Å². The van der Waals surface area contributed by atoms with Crippen LogP contribution in [0.4, 0.5) is 0 Å². The van der Waals surface area contributed by atoms with Crippen molar-refractivity contribution in [2.45, 2.75) is 36.5 Å². The number of halogens is 1. The van der Waals surface area contributed by atoms with Gasteiger partial charge in [-0.25, -0.2) is 9.67 Å². The second-order valence-electron chi connectivity index (χ2n) is 7.06. The van der Waals surface area contributed by atoms with Crippen LogP contribution in [0, 0.1) is 11.3 Å². The average molecular weight is 522 g/mol. The number of rotatable bonds is 10. The zero-order valence-corrected chi connectivity index (χ0v) is 20.0. The molecule has 0 saturated carbocycles. The highest BCUT2D eigenvalue weighted by atomic mass is 79.9. The first-order chi connectivity index (χ1) is 14.9. The Morgan fingerprint density at radius 3 is 2.71 bits per heavy atom. The Labute approximate surface area is 197 Å². The van der Waals surface area contributed by atoms with Crippen LogP contribution >= 0.6 is 40.0 Å². The summed E-state index contributed by atoms with van der Waals surface area (Å²) in [6.45, 7) is 4.44. The SMILES string of the molecule is CC(C)(C#N)c1cc(CSc2ccc(OSOON)c(Br)c2)cc(Cn2cncn2)c1. The summed E-state index contributed by atoms with van der Waals surface area (Å²) in [6.07, 6.45) is 3.19. The van der Waals surface area contributed by atoms with Crippen molar-refractivity contribution in [3.63, 3.8) is 0 Å². The maximum atomic E-state index is 9.60. The molecule has 0 fully saturated rings. The molecule has 0 unspecified atom stereocenters. The van der Waals surface area contributed by atoms with Gasteiger partial charge in [0.2, 0.25) is 0 Å². The van der Waals surface area contributed by atoms with Crippen LogP contribution < -0.4 is 10.1 Å². The molecule has 1 heterocycles. The van der Waals surface area contributed by atoms with Gasteiger partial charge in [-0.2, -0.15) is 16.3 Å². The molecule has 0 saturated heterocycles. The molecule has 0 aliphatic carbocycles. The summed E-state index contributed by atoms with van der Waals surface area (Å²) < 4.78 is 12.3. The Balaban J connectivity index is 1.76. The van der Waals surface area contributed by atoms with Crippen LogP contribution in [-0.4, -0.2) is 14.8 Å². The fourth-order valence-corrected chi connectivity index (χ4v) is 4.60. The number of nitrogens with two attached hydrogens (primary N) is 1. The van der Waals surface area contributed by atoms with E-state index in [4.69, 9.17) is 10.1 Å². The molecule has 0 aliphatic heterocycles. The minimum absolute atomic E-state index is 0.583. The lowest BCUT2D eigenvalue weighted by atomic mass is 9.84. The van der Waals surface area contributed by atoms with Crippen LogP contribution in [0.1, 0.15) is 30.5 Å². The lowest BCUT2D eigenvalue weighted by molar-refractivity contribution is -0.199. The van der Waals surface area contributed by atoms with Gasteiger partial charge in [0.05, 0.1) is 22.5 Å². The maximum absolute atomic E-state index is 9.60. The molecule has 11 heteroatoms. The summed E-state index contributed by atoms with van der Waals surface area (Å²) in [5.41, 5.74) is 2.59. The molecule has 2 aromatic carbocycles. The van der Waals surface area contributed by atoms with Crippen molar-refractivity contribution in [3.05, 3.63) is 70.2 Å². The summed E-state index contributed by atoms with van der Waals surface area (Å²) in [5.74, 6) is 6.10. The number of hydrogen-bond donors (Lipinski definition) is 1. The average Bonchev–Trinajstić information content (AvgIpc) is 3.26. The Bertz CT molecular complexity index is 1060. The Kier molecular flexibility index (Phi) is 8.36. The molecule has 0 atom stereocenters. The second kappa shape index (κ2) is 11.0. The van der Waals surface area contributed by atoms with Crippen molar-refractivity contribution in [2.75, 3.05) is 0 Å². The van der Waals surface area contributed by atoms with Crippen LogP contribution in [0.25, 0.3) is 0 Å². The van der Waals surface area contributed by atoms with Crippen molar-refractivity contribution in [1.82, 2.24) is 14.8 Å². The molecule has 0 spiro atoms. The molecule has 162 valence electrons. The van der Waals surface area contributed by atoms with Gasteiger partial charge in [-0.05, 0) is 64.7 Å². The van der Waals surface area contributed by atoms with Gasteiger partial charge in [0.1, 0.15) is 12.7 Å². The molecular formula is C20H20BrN5O3S2. The van der Waals surface area contributed by atoms with Crippen LogP contribution in [0.3, 0.4) is 0 Å². The molecule has 3 aromatic rings. The summed E-state index contributed by atoms with van der Waals surface area (Å²) >= 11 is 5.79. The predicted molar refractivity (Wildman–Crippen MR) is 122 cm³/mol. The van der Waals surface area contributed by atoms with Gasteiger partial charge in [0, 0.05) is 10.6 Å². The van der Waals surface area contributed by atoms with Crippen LogP contribution in [0.5, 0.6) is 5.75 Å². The molecule has 1 aromatic heterocycles. The van der Waals surface area contributed by atoms with Gasteiger partial charge < -0.3 is 4.18 Å². The smallest absolute Gasteiger partial charge is 0.260 e. The number of thioether (sulfide) groups is 1. The Hall–Kier alpha value is -2.07. The molecule has 2 N–H and O–H groups in total. The third-order valence-corrected chi connectivity index (χ3v) is 6.43. The standard InChI is InChI=1S/C20H20BrN5O3S2/c1-20(2,11-22)16-6-14(9-26-13-24-12-25-26)5-15(7-16)10-30-17-3-4-19(18(21)8-17)27-31-29-28-23/h3-8,12-13H,9-10,23H2,1-2H3. The van der Waals surface area contributed by atoms with Gasteiger partial charge in [-0.3, -0.25) is 0 Å². The van der Waals surface area contributed by atoms with E-state index in [1.54, 1.807) is 22.8 Å². The predicted octanol–water partition coefficient (Wildman–Crippen LogP) is 4.95. The molecule has 0 radical (unpaired) electrons. The molecular weight excluding hydrogens is 502 g/mol. The van der Waals surface area contributed by atoms with Crippen LogP contribution in [0.2, 0.25) is 0 Å². The summed E-state index contributed by atoms with van der Waals surface area (Å²) in [7, 11) is 0. The molecule has 0 amide bonds. The van der Waals surface area contributed by atoms with E-state index >= 15 is 0 Å². The first-order valence-corrected chi connectivity index (χ1v) is 11.5. The van der Waals surface area contributed by atoms with Gasteiger partial charge in [0.15, 0.2) is 5.75 Å². The zero-order chi connectivity index (χ0) is 22.3. The molecule has 8 nitrogen and oxygen atoms in total. The van der Waals surface area contributed by atoms with E-state index in [9.17, 15) is 5.26 Å². The van der Waals surface area contributed by atoms with Gasteiger partial charge in [-0.1, -0.05) is 18.2 Å². The van der Waals surface area contributed by atoms with E-state index in [1.165, 1.54) is 6.33 Å². The van der Waals surface area contributed by atoms with E-state index in [1.807, 2.05) is 32.0 Å². The summed E-state index contributed by atoms with van der Waals surface area (Å²) in [6, 6.07) is 14.4.